The van der Waals surface area contributed by atoms with Crippen molar-refractivity contribution in [3.05, 3.63) is 24.1 Å². The minimum atomic E-state index is -0.532. The molecule has 1 aromatic heterocycles. The summed E-state index contributed by atoms with van der Waals surface area (Å²) in [6, 6.07) is 4.79. The van der Waals surface area contributed by atoms with Gasteiger partial charge in [-0.25, -0.2) is 4.98 Å². The quantitative estimate of drug-likeness (QED) is 0.851. The Balaban J connectivity index is 0.00000208. The highest BCUT2D eigenvalue weighted by molar-refractivity contribution is 5.96. The molecule has 1 aromatic carbocycles. The molecule has 1 saturated heterocycles. The number of hydrogen-bond acceptors (Lipinski definition) is 6. The number of carbonyl (C=O) groups is 1. The number of methoxy groups -OCH3 is 1. The monoisotopic (exact) mass is 355 g/mol. The lowest BCUT2D eigenvalue weighted by atomic mass is 9.92. The number of carbonyl (C=O) groups excluding carboxylic acids is 1. The Hall–Kier alpha value is -1.67. The van der Waals surface area contributed by atoms with Crippen molar-refractivity contribution in [2.24, 2.45) is 11.7 Å². The molecule has 1 aliphatic heterocycles. The Kier molecular flexibility index (Phi) is 6.56. The first-order chi connectivity index (χ1) is 11.2. The third kappa shape index (κ3) is 4.24. The van der Waals surface area contributed by atoms with Crippen molar-refractivity contribution >= 4 is 35.1 Å². The molecule has 2 heterocycles. The van der Waals surface area contributed by atoms with Crippen LogP contribution < -0.4 is 11.1 Å². The zero-order valence-corrected chi connectivity index (χ0v) is 14.3. The second-order valence-electron chi connectivity index (χ2n) is 5.69. The summed E-state index contributed by atoms with van der Waals surface area (Å²) in [5.74, 6) is 0.481. The van der Waals surface area contributed by atoms with Gasteiger partial charge in [0.2, 0.25) is 11.8 Å². The molecule has 132 valence electrons. The first kappa shape index (κ1) is 18.7. The van der Waals surface area contributed by atoms with E-state index in [4.69, 9.17) is 19.6 Å². The summed E-state index contributed by atoms with van der Waals surface area (Å²) in [6.45, 7) is 1.64. The zero-order valence-electron chi connectivity index (χ0n) is 13.5. The topological polar surface area (TPSA) is 99.6 Å². The van der Waals surface area contributed by atoms with Crippen molar-refractivity contribution in [1.82, 2.24) is 4.98 Å². The maximum absolute atomic E-state index is 12.3. The first-order valence-electron chi connectivity index (χ1n) is 7.70. The SMILES string of the molecule is COCc1nc2cc(NC(=O)C(N)C3CCOCC3)ccc2o1.Cl. The third-order valence-electron chi connectivity index (χ3n) is 4.04. The second-order valence-corrected chi connectivity index (χ2v) is 5.69. The predicted octanol–water partition coefficient (Wildman–Crippen LogP) is 2.09. The number of amides is 1. The fraction of sp³-hybridized carbons (Fsp3) is 0.500. The van der Waals surface area contributed by atoms with Crippen LogP contribution in [0.4, 0.5) is 5.69 Å². The molecule has 8 heteroatoms. The molecule has 0 radical (unpaired) electrons. The molecule has 7 nitrogen and oxygen atoms in total. The number of nitrogens with one attached hydrogen (secondary N) is 1. The van der Waals surface area contributed by atoms with E-state index in [9.17, 15) is 4.79 Å². The molecule has 3 N–H and O–H groups in total. The lowest BCUT2D eigenvalue weighted by molar-refractivity contribution is -0.119. The van der Waals surface area contributed by atoms with Crippen molar-refractivity contribution in [3.8, 4) is 0 Å². The molecule has 3 rings (SSSR count). The summed E-state index contributed by atoms with van der Waals surface area (Å²) in [6.07, 6.45) is 1.63. The maximum atomic E-state index is 12.3. The van der Waals surface area contributed by atoms with Gasteiger partial charge < -0.3 is 24.9 Å². The average Bonchev–Trinajstić information content (AvgIpc) is 2.97. The van der Waals surface area contributed by atoms with Gasteiger partial charge in [0.1, 0.15) is 12.1 Å². The van der Waals surface area contributed by atoms with Crippen LogP contribution in [0.25, 0.3) is 11.1 Å². The van der Waals surface area contributed by atoms with E-state index in [1.165, 1.54) is 0 Å². The highest BCUT2D eigenvalue weighted by Crippen LogP contribution is 2.22. The Labute approximate surface area is 146 Å². The summed E-state index contributed by atoms with van der Waals surface area (Å²) in [5, 5.41) is 2.85. The van der Waals surface area contributed by atoms with E-state index < -0.39 is 6.04 Å². The van der Waals surface area contributed by atoms with E-state index in [0.717, 1.165) is 12.8 Å². The van der Waals surface area contributed by atoms with Crippen LogP contribution in [0.1, 0.15) is 18.7 Å². The Morgan fingerprint density at radius 1 is 1.46 bits per heavy atom. The number of halogens is 1. The fourth-order valence-electron chi connectivity index (χ4n) is 2.75. The number of hydrogen-bond donors (Lipinski definition) is 2. The fourth-order valence-corrected chi connectivity index (χ4v) is 2.75. The molecule has 1 fully saturated rings. The summed E-state index contributed by atoms with van der Waals surface area (Å²) in [5.41, 5.74) is 8.06. The number of rotatable bonds is 5. The first-order valence-corrected chi connectivity index (χ1v) is 7.70. The Morgan fingerprint density at radius 3 is 2.92 bits per heavy atom. The molecule has 0 bridgehead atoms. The van der Waals surface area contributed by atoms with E-state index in [1.54, 1.807) is 25.3 Å². The molecule has 1 unspecified atom stereocenters. The molecular formula is C16H22ClN3O4. The predicted molar refractivity (Wildman–Crippen MR) is 92.1 cm³/mol. The molecule has 0 aliphatic carbocycles. The van der Waals surface area contributed by atoms with Gasteiger partial charge in [-0.2, -0.15) is 0 Å². The van der Waals surface area contributed by atoms with Crippen LogP contribution in [0.5, 0.6) is 0 Å². The molecule has 2 aromatic rings. The maximum Gasteiger partial charge on any atom is 0.241 e. The highest BCUT2D eigenvalue weighted by atomic mass is 35.5. The highest BCUT2D eigenvalue weighted by Gasteiger charge is 2.26. The van der Waals surface area contributed by atoms with E-state index >= 15 is 0 Å². The average molecular weight is 356 g/mol. The van der Waals surface area contributed by atoms with Crippen LogP contribution in [-0.4, -0.2) is 37.3 Å². The van der Waals surface area contributed by atoms with Gasteiger partial charge in [-0.3, -0.25) is 4.79 Å². The van der Waals surface area contributed by atoms with Crippen LogP contribution in [-0.2, 0) is 20.9 Å². The number of benzene rings is 1. The van der Waals surface area contributed by atoms with Gasteiger partial charge in [-0.15, -0.1) is 12.4 Å². The van der Waals surface area contributed by atoms with E-state index in [0.29, 0.717) is 42.5 Å². The van der Waals surface area contributed by atoms with Gasteiger partial charge in [0.05, 0.1) is 6.04 Å². The number of ether oxygens (including phenoxy) is 2. The van der Waals surface area contributed by atoms with Crippen molar-refractivity contribution in [3.63, 3.8) is 0 Å². The molecule has 0 saturated carbocycles. The number of nitrogens with zero attached hydrogens (tertiary/aromatic N) is 1. The van der Waals surface area contributed by atoms with Crippen molar-refractivity contribution in [2.75, 3.05) is 25.6 Å². The van der Waals surface area contributed by atoms with Crippen LogP contribution in [0, 0.1) is 5.92 Å². The van der Waals surface area contributed by atoms with Crippen molar-refractivity contribution in [2.45, 2.75) is 25.5 Å². The Morgan fingerprint density at radius 2 is 2.21 bits per heavy atom. The molecular weight excluding hydrogens is 334 g/mol. The normalized spacial score (nSPS) is 16.6. The van der Waals surface area contributed by atoms with Crippen LogP contribution in [0.15, 0.2) is 22.6 Å². The number of oxazole rings is 1. The number of anilines is 1. The summed E-state index contributed by atoms with van der Waals surface area (Å²) >= 11 is 0. The second kappa shape index (κ2) is 8.43. The van der Waals surface area contributed by atoms with Gasteiger partial charge in [0.15, 0.2) is 5.58 Å². The minimum absolute atomic E-state index is 0. The largest absolute Gasteiger partial charge is 0.438 e. The third-order valence-corrected chi connectivity index (χ3v) is 4.04. The number of nitrogens with two attached hydrogens (primary N) is 1. The van der Waals surface area contributed by atoms with Crippen LogP contribution in [0.2, 0.25) is 0 Å². The molecule has 1 amide bonds. The smallest absolute Gasteiger partial charge is 0.241 e. The Bertz CT molecular complexity index is 685. The molecule has 24 heavy (non-hydrogen) atoms. The van der Waals surface area contributed by atoms with Crippen molar-refractivity contribution < 1.29 is 18.7 Å². The van der Waals surface area contributed by atoms with Gasteiger partial charge in [0, 0.05) is 26.0 Å². The summed E-state index contributed by atoms with van der Waals surface area (Å²) in [4.78, 5) is 16.6. The summed E-state index contributed by atoms with van der Waals surface area (Å²) < 4.78 is 15.8. The van der Waals surface area contributed by atoms with Gasteiger partial charge in [-0.05, 0) is 37.0 Å². The van der Waals surface area contributed by atoms with E-state index in [-0.39, 0.29) is 24.2 Å². The summed E-state index contributed by atoms with van der Waals surface area (Å²) in [7, 11) is 1.58. The molecule has 1 atom stereocenters. The molecule has 1 aliphatic rings. The van der Waals surface area contributed by atoms with E-state index in [1.807, 2.05) is 0 Å². The zero-order chi connectivity index (χ0) is 16.2. The van der Waals surface area contributed by atoms with Gasteiger partial charge >= 0.3 is 0 Å². The lowest BCUT2D eigenvalue weighted by Gasteiger charge is -2.26. The number of aromatic nitrogens is 1. The van der Waals surface area contributed by atoms with Crippen LogP contribution in [0.3, 0.4) is 0 Å². The number of fused-ring (bicyclic) bond motifs is 1. The van der Waals surface area contributed by atoms with Crippen molar-refractivity contribution in [1.29, 1.82) is 0 Å². The minimum Gasteiger partial charge on any atom is -0.438 e. The van der Waals surface area contributed by atoms with Gasteiger partial charge in [0.25, 0.3) is 0 Å². The van der Waals surface area contributed by atoms with Gasteiger partial charge in [-0.1, -0.05) is 0 Å². The lowest BCUT2D eigenvalue weighted by Crippen LogP contribution is -2.43. The van der Waals surface area contributed by atoms with Crippen LogP contribution >= 0.6 is 12.4 Å². The molecule has 0 spiro atoms. The van der Waals surface area contributed by atoms with E-state index in [2.05, 4.69) is 10.3 Å². The standard InChI is InChI=1S/C16H21N3O4.ClH/c1-21-9-14-19-12-8-11(2-3-13(12)23-14)18-16(20)15(17)10-4-6-22-7-5-10;/h2-3,8,10,15H,4-7,9,17H2,1H3,(H,18,20);1H.